The predicted molar refractivity (Wildman–Crippen MR) is 51.6 cm³/mol. The van der Waals surface area contributed by atoms with Crippen LogP contribution in [0.4, 0.5) is 0 Å². The van der Waals surface area contributed by atoms with Crippen molar-refractivity contribution in [1.82, 2.24) is 0 Å². The van der Waals surface area contributed by atoms with Crippen LogP contribution in [-0.4, -0.2) is 5.78 Å². The van der Waals surface area contributed by atoms with Crippen molar-refractivity contribution >= 4 is 21.7 Å². The molecular formula is C9H11BrO. The number of carbonyl (C=O) groups excluding carboxylic acids is 1. The number of ketones is 1. The van der Waals surface area contributed by atoms with Crippen LogP contribution in [0.3, 0.4) is 0 Å². The Morgan fingerprint density at radius 2 is 2.00 bits per heavy atom. The van der Waals surface area contributed by atoms with E-state index in [2.05, 4.69) is 29.1 Å². The molecule has 0 aliphatic carbocycles. The number of hydrogen-bond acceptors (Lipinski definition) is 1. The maximum absolute atomic E-state index is 11.1. The van der Waals surface area contributed by atoms with E-state index >= 15 is 0 Å². The van der Waals surface area contributed by atoms with Gasteiger partial charge in [-0.25, -0.2) is 0 Å². The molecule has 11 heavy (non-hydrogen) atoms. The van der Waals surface area contributed by atoms with Crippen LogP contribution < -0.4 is 0 Å². The van der Waals surface area contributed by atoms with Gasteiger partial charge in [0.25, 0.3) is 0 Å². The van der Waals surface area contributed by atoms with Gasteiger partial charge in [-0.3, -0.25) is 4.79 Å². The maximum atomic E-state index is 11.1. The van der Waals surface area contributed by atoms with Gasteiger partial charge in [-0.2, -0.15) is 0 Å². The molecule has 0 radical (unpaired) electrons. The predicted octanol–water partition coefficient (Wildman–Crippen LogP) is 2.99. The van der Waals surface area contributed by atoms with Crippen LogP contribution >= 0.6 is 15.9 Å². The second kappa shape index (κ2) is 5.08. The van der Waals surface area contributed by atoms with Gasteiger partial charge in [0, 0.05) is 16.5 Å². The number of carbonyl (C=O) groups is 1. The average molecular weight is 215 g/mol. The van der Waals surface area contributed by atoms with Gasteiger partial charge >= 0.3 is 0 Å². The lowest BCUT2D eigenvalue weighted by Crippen LogP contribution is -1.98. The minimum atomic E-state index is 0.0757. The summed E-state index contributed by atoms with van der Waals surface area (Å²) >= 11 is 3.21. The van der Waals surface area contributed by atoms with Crippen LogP contribution in [0.15, 0.2) is 35.4 Å². The lowest BCUT2D eigenvalue weighted by atomic mass is 10.1. The van der Waals surface area contributed by atoms with Gasteiger partial charge in [0.05, 0.1) is 0 Å². The summed E-state index contributed by atoms with van der Waals surface area (Å²) in [5, 5.41) is 0. The Morgan fingerprint density at radius 3 is 2.27 bits per heavy atom. The molecule has 0 atom stereocenters. The van der Waals surface area contributed by atoms with Crippen LogP contribution in [-0.2, 0) is 4.79 Å². The minimum Gasteiger partial charge on any atom is -0.294 e. The molecule has 0 fully saturated rings. The van der Waals surface area contributed by atoms with Crippen LogP contribution in [0.1, 0.15) is 13.3 Å². The quantitative estimate of drug-likeness (QED) is 0.520. The van der Waals surface area contributed by atoms with Crippen LogP contribution in [0.5, 0.6) is 0 Å². The molecule has 0 aliphatic rings. The monoisotopic (exact) mass is 214 g/mol. The molecule has 0 aromatic carbocycles. The number of rotatable bonds is 4. The van der Waals surface area contributed by atoms with Crippen molar-refractivity contribution in [1.29, 1.82) is 0 Å². The molecule has 0 aromatic rings. The molecule has 60 valence electrons. The zero-order valence-electron chi connectivity index (χ0n) is 6.56. The van der Waals surface area contributed by atoms with Crippen molar-refractivity contribution < 1.29 is 4.79 Å². The SMILES string of the molecule is C=C/C(Br)=C(\C=C)C(=O)CC. The van der Waals surface area contributed by atoms with Gasteiger partial charge < -0.3 is 0 Å². The van der Waals surface area contributed by atoms with E-state index in [0.717, 1.165) is 0 Å². The largest absolute Gasteiger partial charge is 0.294 e. The number of halogens is 1. The molecule has 0 saturated heterocycles. The highest BCUT2D eigenvalue weighted by molar-refractivity contribution is 9.12. The Kier molecular flexibility index (Phi) is 4.79. The first kappa shape index (κ1) is 10.4. The van der Waals surface area contributed by atoms with Crippen molar-refractivity contribution in [2.75, 3.05) is 0 Å². The van der Waals surface area contributed by atoms with E-state index in [-0.39, 0.29) is 5.78 Å². The van der Waals surface area contributed by atoms with Crippen molar-refractivity contribution in [3.8, 4) is 0 Å². The smallest absolute Gasteiger partial charge is 0.163 e. The molecule has 0 spiro atoms. The van der Waals surface area contributed by atoms with Gasteiger partial charge in [0.2, 0.25) is 0 Å². The fourth-order valence-electron chi connectivity index (χ4n) is 0.645. The molecule has 0 bridgehead atoms. The summed E-state index contributed by atoms with van der Waals surface area (Å²) in [6.45, 7) is 8.90. The highest BCUT2D eigenvalue weighted by Crippen LogP contribution is 2.15. The van der Waals surface area contributed by atoms with Gasteiger partial charge in [-0.1, -0.05) is 48.2 Å². The third-order valence-electron chi connectivity index (χ3n) is 1.26. The van der Waals surface area contributed by atoms with Crippen LogP contribution in [0.25, 0.3) is 0 Å². The first-order valence-corrected chi connectivity index (χ1v) is 4.14. The Morgan fingerprint density at radius 1 is 1.45 bits per heavy atom. The van der Waals surface area contributed by atoms with E-state index in [1.807, 2.05) is 6.92 Å². The highest BCUT2D eigenvalue weighted by atomic mass is 79.9. The zero-order valence-corrected chi connectivity index (χ0v) is 8.15. The molecule has 0 heterocycles. The third kappa shape index (κ3) is 2.85. The lowest BCUT2D eigenvalue weighted by molar-refractivity contribution is -0.115. The van der Waals surface area contributed by atoms with Crippen molar-refractivity contribution in [2.45, 2.75) is 13.3 Å². The summed E-state index contributed by atoms with van der Waals surface area (Å²) in [7, 11) is 0. The van der Waals surface area contributed by atoms with E-state index in [1.165, 1.54) is 6.08 Å². The molecule has 0 aromatic heterocycles. The van der Waals surface area contributed by atoms with Crippen molar-refractivity contribution in [3.63, 3.8) is 0 Å². The maximum Gasteiger partial charge on any atom is 0.163 e. The summed E-state index contributed by atoms with van der Waals surface area (Å²) in [5.41, 5.74) is 0.600. The Hall–Kier alpha value is -0.630. The zero-order chi connectivity index (χ0) is 8.85. The third-order valence-corrected chi connectivity index (χ3v) is 2.01. The van der Waals surface area contributed by atoms with Crippen LogP contribution in [0.2, 0.25) is 0 Å². The standard InChI is InChI=1S/C9H11BrO/c1-4-7(8(10)5-2)9(11)6-3/h4-5H,1-2,6H2,3H3/b8-7-. The Balaban J connectivity index is 4.78. The topological polar surface area (TPSA) is 17.1 Å². The minimum absolute atomic E-state index is 0.0757. The Labute approximate surface area is 75.6 Å². The molecule has 0 amide bonds. The van der Waals surface area contributed by atoms with Gasteiger partial charge in [-0.05, 0) is 0 Å². The van der Waals surface area contributed by atoms with Crippen molar-refractivity contribution in [2.24, 2.45) is 0 Å². The van der Waals surface area contributed by atoms with Gasteiger partial charge in [-0.15, -0.1) is 0 Å². The summed E-state index contributed by atoms with van der Waals surface area (Å²) < 4.78 is 0.708. The van der Waals surface area contributed by atoms with E-state index in [1.54, 1.807) is 6.08 Å². The average Bonchev–Trinajstić information content (AvgIpc) is 2.05. The molecule has 2 heteroatoms. The second-order valence-corrected chi connectivity index (χ2v) is 2.80. The highest BCUT2D eigenvalue weighted by Gasteiger charge is 2.05. The summed E-state index contributed by atoms with van der Waals surface area (Å²) in [6, 6.07) is 0. The first-order chi connectivity index (χ1) is 5.17. The Bertz CT molecular complexity index is 214. The lowest BCUT2D eigenvalue weighted by Gasteiger charge is -1.98. The molecule has 0 aliphatic heterocycles. The first-order valence-electron chi connectivity index (χ1n) is 3.35. The van der Waals surface area contributed by atoms with Gasteiger partial charge in [0.1, 0.15) is 0 Å². The summed E-state index contributed by atoms with van der Waals surface area (Å²) in [4.78, 5) is 11.1. The van der Waals surface area contributed by atoms with Crippen LogP contribution in [0, 0.1) is 0 Å². The fourth-order valence-corrected chi connectivity index (χ4v) is 1.03. The number of allylic oxidation sites excluding steroid dienone is 4. The van der Waals surface area contributed by atoms with Crippen molar-refractivity contribution in [3.05, 3.63) is 35.4 Å². The van der Waals surface area contributed by atoms with E-state index in [0.29, 0.717) is 16.5 Å². The molecular weight excluding hydrogens is 204 g/mol. The number of hydrogen-bond donors (Lipinski definition) is 0. The fraction of sp³-hybridized carbons (Fsp3) is 0.222. The summed E-state index contributed by atoms with van der Waals surface area (Å²) in [6.07, 6.45) is 3.62. The molecule has 0 rings (SSSR count). The molecule has 0 N–H and O–H groups in total. The van der Waals surface area contributed by atoms with E-state index < -0.39 is 0 Å². The number of Topliss-reactive ketones (excluding diaryl/α,β-unsaturated/α-hetero) is 1. The molecule has 0 saturated carbocycles. The normalized spacial score (nSPS) is 11.8. The summed E-state index contributed by atoms with van der Waals surface area (Å²) in [5.74, 6) is 0.0757. The van der Waals surface area contributed by atoms with Gasteiger partial charge in [0.15, 0.2) is 5.78 Å². The second-order valence-electron chi connectivity index (χ2n) is 1.95. The van der Waals surface area contributed by atoms with E-state index in [4.69, 9.17) is 0 Å². The van der Waals surface area contributed by atoms with E-state index in [9.17, 15) is 4.79 Å². The molecule has 0 unspecified atom stereocenters. The molecule has 1 nitrogen and oxygen atoms in total.